The monoisotopic (exact) mass is 207 g/mol. The Labute approximate surface area is 87.7 Å². The number of aryl methyl sites for hydroxylation is 1. The van der Waals surface area contributed by atoms with Crippen molar-refractivity contribution in [3.05, 3.63) is 17.5 Å². The molecule has 0 unspecified atom stereocenters. The lowest BCUT2D eigenvalue weighted by atomic mass is 10.1. The highest BCUT2D eigenvalue weighted by atomic mass is 16.2. The number of nitrogens with zero attached hydrogens (tertiary/aromatic N) is 3. The second kappa shape index (κ2) is 3.49. The molecule has 1 aromatic rings. The number of carbonyl (C=O) groups excluding carboxylic acids is 2. The largest absolute Gasteiger partial charge is 0.343 e. The second-order valence-electron chi connectivity index (χ2n) is 3.86. The summed E-state index contributed by atoms with van der Waals surface area (Å²) in [4.78, 5) is 24.6. The molecule has 5 heteroatoms. The summed E-state index contributed by atoms with van der Waals surface area (Å²) in [6.07, 6.45) is 1.37. The highest BCUT2D eigenvalue weighted by Gasteiger charge is 2.22. The van der Waals surface area contributed by atoms with E-state index < -0.39 is 0 Å². The van der Waals surface area contributed by atoms with Crippen LogP contribution >= 0.6 is 0 Å². The Kier molecular flexibility index (Phi) is 2.30. The Morgan fingerprint density at radius 1 is 1.53 bits per heavy atom. The summed E-state index contributed by atoms with van der Waals surface area (Å²) in [6.45, 7) is 0.724. The molecule has 0 fully saturated rings. The number of hydrogen-bond acceptors (Lipinski definition) is 3. The fourth-order valence-corrected chi connectivity index (χ4v) is 1.66. The van der Waals surface area contributed by atoms with Crippen LogP contribution in [0.5, 0.6) is 0 Å². The Morgan fingerprint density at radius 2 is 2.27 bits per heavy atom. The van der Waals surface area contributed by atoms with Crippen molar-refractivity contribution in [1.82, 2.24) is 14.7 Å². The van der Waals surface area contributed by atoms with Crippen molar-refractivity contribution in [1.29, 1.82) is 0 Å². The quantitative estimate of drug-likeness (QED) is 0.676. The van der Waals surface area contributed by atoms with Gasteiger partial charge in [-0.2, -0.15) is 5.10 Å². The molecular formula is C10H13N3O2. The van der Waals surface area contributed by atoms with Crippen LogP contribution in [0.1, 0.15) is 33.8 Å². The van der Waals surface area contributed by atoms with Crippen LogP contribution in [-0.2, 0) is 6.54 Å². The van der Waals surface area contributed by atoms with Gasteiger partial charge in [-0.3, -0.25) is 14.3 Å². The Morgan fingerprint density at radius 3 is 2.87 bits per heavy atom. The zero-order valence-electron chi connectivity index (χ0n) is 8.86. The normalized spacial score (nSPS) is 14.9. The third-order valence-corrected chi connectivity index (χ3v) is 2.46. The van der Waals surface area contributed by atoms with E-state index >= 15 is 0 Å². The molecule has 5 nitrogen and oxygen atoms in total. The number of amides is 1. The second-order valence-corrected chi connectivity index (χ2v) is 3.86. The van der Waals surface area contributed by atoms with E-state index in [0.29, 0.717) is 17.8 Å². The van der Waals surface area contributed by atoms with Gasteiger partial charge in [0.25, 0.3) is 5.91 Å². The highest BCUT2D eigenvalue weighted by molar-refractivity contribution is 5.99. The minimum absolute atomic E-state index is 0.0755. The number of hydrogen-bond donors (Lipinski definition) is 0. The Hall–Kier alpha value is -1.65. The van der Waals surface area contributed by atoms with Crippen molar-refractivity contribution in [2.45, 2.75) is 19.4 Å². The van der Waals surface area contributed by atoms with Crippen molar-refractivity contribution in [2.24, 2.45) is 0 Å². The van der Waals surface area contributed by atoms with Gasteiger partial charge in [0, 0.05) is 33.1 Å². The summed E-state index contributed by atoms with van der Waals surface area (Å²) in [5.41, 5.74) is 0.914. The molecule has 0 atom stereocenters. The van der Waals surface area contributed by atoms with Crippen LogP contribution in [0.25, 0.3) is 0 Å². The summed E-state index contributed by atoms with van der Waals surface area (Å²) in [5.74, 6) is -0.0868. The van der Waals surface area contributed by atoms with Gasteiger partial charge < -0.3 is 4.90 Å². The van der Waals surface area contributed by atoms with E-state index in [1.807, 2.05) is 0 Å². The average Bonchev–Trinajstić information content (AvgIpc) is 2.61. The van der Waals surface area contributed by atoms with E-state index in [9.17, 15) is 9.59 Å². The van der Waals surface area contributed by atoms with E-state index in [1.165, 1.54) is 4.90 Å². The van der Waals surface area contributed by atoms with Crippen LogP contribution in [0, 0.1) is 0 Å². The van der Waals surface area contributed by atoms with Crippen molar-refractivity contribution in [3.8, 4) is 0 Å². The zero-order valence-corrected chi connectivity index (χ0v) is 8.86. The van der Waals surface area contributed by atoms with Gasteiger partial charge in [0.05, 0.1) is 0 Å². The molecule has 1 aliphatic heterocycles. The summed E-state index contributed by atoms with van der Waals surface area (Å²) in [6, 6.07) is 1.59. The molecule has 1 aromatic heterocycles. The molecule has 0 spiro atoms. The van der Waals surface area contributed by atoms with Crippen LogP contribution in [0.15, 0.2) is 6.07 Å². The van der Waals surface area contributed by atoms with E-state index in [2.05, 4.69) is 5.10 Å². The van der Waals surface area contributed by atoms with Crippen molar-refractivity contribution in [3.63, 3.8) is 0 Å². The molecular weight excluding hydrogens is 194 g/mol. The third kappa shape index (κ3) is 1.65. The molecule has 1 amide bonds. The Bertz CT molecular complexity index is 420. The fraction of sp³-hybridized carbons (Fsp3) is 0.500. The minimum atomic E-state index is -0.162. The smallest absolute Gasteiger partial charge is 0.273 e. The van der Waals surface area contributed by atoms with E-state index in [-0.39, 0.29) is 11.7 Å². The molecule has 80 valence electrons. The molecule has 0 radical (unpaired) electrons. The fourth-order valence-electron chi connectivity index (χ4n) is 1.66. The first kappa shape index (κ1) is 9.89. The molecule has 2 rings (SSSR count). The van der Waals surface area contributed by atoms with Gasteiger partial charge in [0.15, 0.2) is 11.5 Å². The Balaban J connectivity index is 2.37. The predicted octanol–water partition coefficient (Wildman–Crippen LogP) is 0.561. The maximum atomic E-state index is 11.6. The number of rotatable bonds is 1. The van der Waals surface area contributed by atoms with Crippen LogP contribution in [0.4, 0.5) is 0 Å². The van der Waals surface area contributed by atoms with Gasteiger partial charge in [-0.1, -0.05) is 0 Å². The van der Waals surface area contributed by atoms with Gasteiger partial charge in [-0.25, -0.2) is 0 Å². The van der Waals surface area contributed by atoms with Crippen molar-refractivity contribution in [2.75, 3.05) is 14.1 Å². The minimum Gasteiger partial charge on any atom is -0.343 e. The summed E-state index contributed by atoms with van der Waals surface area (Å²) >= 11 is 0. The molecule has 0 N–H and O–H groups in total. The van der Waals surface area contributed by atoms with Gasteiger partial charge in [-0.15, -0.1) is 0 Å². The maximum Gasteiger partial charge on any atom is 0.273 e. The number of fused-ring (bicyclic) bond motifs is 1. The van der Waals surface area contributed by atoms with E-state index in [1.54, 1.807) is 24.8 Å². The summed E-state index contributed by atoms with van der Waals surface area (Å²) in [7, 11) is 3.34. The predicted molar refractivity (Wildman–Crippen MR) is 53.8 cm³/mol. The number of Topliss-reactive ketones (excluding diaryl/α,β-unsaturated/α-hetero) is 1. The highest BCUT2D eigenvalue weighted by Crippen LogP contribution is 2.15. The molecule has 0 bridgehead atoms. The lowest BCUT2D eigenvalue weighted by Gasteiger charge is -2.10. The van der Waals surface area contributed by atoms with Gasteiger partial charge in [-0.05, 0) is 6.42 Å². The summed E-state index contributed by atoms with van der Waals surface area (Å²) < 4.78 is 1.63. The molecule has 15 heavy (non-hydrogen) atoms. The molecule has 0 saturated carbocycles. The molecule has 0 aliphatic carbocycles. The van der Waals surface area contributed by atoms with Crippen LogP contribution in [0.2, 0.25) is 0 Å². The maximum absolute atomic E-state index is 11.6. The van der Waals surface area contributed by atoms with Crippen molar-refractivity contribution < 1.29 is 9.59 Å². The lowest BCUT2D eigenvalue weighted by Crippen LogP contribution is -2.22. The van der Waals surface area contributed by atoms with E-state index in [0.717, 1.165) is 13.0 Å². The lowest BCUT2D eigenvalue weighted by molar-refractivity contribution is 0.0820. The average molecular weight is 207 g/mol. The number of ketones is 1. The number of aromatic nitrogens is 2. The first-order valence-corrected chi connectivity index (χ1v) is 4.92. The first-order valence-electron chi connectivity index (χ1n) is 4.92. The standard InChI is InChI=1S/C10H13N3O2/c1-12(2)10(15)7-6-8-9(14)4-3-5-13(8)11-7/h6H,3-5H2,1-2H3. The van der Waals surface area contributed by atoms with E-state index in [4.69, 9.17) is 0 Å². The zero-order chi connectivity index (χ0) is 11.0. The topological polar surface area (TPSA) is 55.2 Å². The van der Waals surface area contributed by atoms with Gasteiger partial charge in [0.1, 0.15) is 5.69 Å². The van der Waals surface area contributed by atoms with Gasteiger partial charge in [0.2, 0.25) is 0 Å². The SMILES string of the molecule is CN(C)C(=O)c1cc2n(n1)CCCC2=O. The molecule has 0 aromatic carbocycles. The molecule has 1 aliphatic rings. The summed E-state index contributed by atoms with van der Waals surface area (Å²) in [5, 5.41) is 4.13. The third-order valence-electron chi connectivity index (χ3n) is 2.46. The molecule has 2 heterocycles. The molecule has 0 saturated heterocycles. The van der Waals surface area contributed by atoms with Crippen LogP contribution in [-0.4, -0.2) is 40.5 Å². The number of carbonyl (C=O) groups is 2. The van der Waals surface area contributed by atoms with Gasteiger partial charge >= 0.3 is 0 Å². The van der Waals surface area contributed by atoms with Crippen molar-refractivity contribution >= 4 is 11.7 Å². The van der Waals surface area contributed by atoms with Crippen LogP contribution in [0.3, 0.4) is 0 Å². The first-order chi connectivity index (χ1) is 7.09. The van der Waals surface area contributed by atoms with Crippen LogP contribution < -0.4 is 0 Å².